The topological polar surface area (TPSA) is 61.9 Å². The Bertz CT molecular complexity index is 705. The van der Waals surface area contributed by atoms with Crippen LogP contribution >= 0.6 is 11.6 Å². The van der Waals surface area contributed by atoms with Gasteiger partial charge in [-0.1, -0.05) is 11.6 Å². The van der Waals surface area contributed by atoms with Crippen LogP contribution in [0.25, 0.3) is 0 Å². The summed E-state index contributed by atoms with van der Waals surface area (Å²) < 4.78 is 19.0. The third-order valence-electron chi connectivity index (χ3n) is 3.94. The summed E-state index contributed by atoms with van der Waals surface area (Å²) >= 11 is 5.94. The molecule has 1 N–H and O–H groups in total. The average molecular weight is 356 g/mol. The Balaban J connectivity index is 1.82. The SMILES string of the molecule is CC(C)(C)OC(=O)N1CCN2c3ccc(F)c(Cl)c3C(=O)NC2C1. The molecule has 2 heterocycles. The highest BCUT2D eigenvalue weighted by Gasteiger charge is 2.38. The predicted octanol–water partition coefficient (Wildman–Crippen LogP) is 2.61. The van der Waals surface area contributed by atoms with Crippen LogP contribution in [0, 0.1) is 5.82 Å². The number of hydrogen-bond acceptors (Lipinski definition) is 4. The van der Waals surface area contributed by atoms with E-state index in [1.165, 1.54) is 6.07 Å². The number of amides is 2. The van der Waals surface area contributed by atoms with Gasteiger partial charge in [0.25, 0.3) is 5.91 Å². The molecule has 24 heavy (non-hydrogen) atoms. The lowest BCUT2D eigenvalue weighted by molar-refractivity contribution is 0.0200. The van der Waals surface area contributed by atoms with E-state index in [1.807, 2.05) is 4.90 Å². The first-order valence-corrected chi connectivity index (χ1v) is 8.08. The molecule has 0 aliphatic carbocycles. The van der Waals surface area contributed by atoms with Crippen molar-refractivity contribution in [1.29, 1.82) is 0 Å². The third-order valence-corrected chi connectivity index (χ3v) is 4.31. The number of rotatable bonds is 0. The fourth-order valence-electron chi connectivity index (χ4n) is 2.91. The van der Waals surface area contributed by atoms with Crippen LogP contribution in [0.15, 0.2) is 12.1 Å². The van der Waals surface area contributed by atoms with Crippen molar-refractivity contribution in [3.8, 4) is 0 Å². The number of hydrogen-bond donors (Lipinski definition) is 1. The standard InChI is InChI=1S/C16H19ClFN3O3/c1-16(2,3)24-15(23)20-6-7-21-10-5-4-9(18)13(17)12(10)14(22)19-11(21)8-20/h4-5,11H,6-8H2,1-3H3,(H,19,22). The molecule has 1 unspecified atom stereocenters. The number of piperazine rings is 1. The van der Waals surface area contributed by atoms with Crippen molar-refractivity contribution < 1.29 is 18.7 Å². The van der Waals surface area contributed by atoms with Gasteiger partial charge in [-0.05, 0) is 32.9 Å². The molecule has 1 atom stereocenters. The van der Waals surface area contributed by atoms with E-state index in [2.05, 4.69) is 5.32 Å². The van der Waals surface area contributed by atoms with Gasteiger partial charge in [0.1, 0.15) is 17.6 Å². The van der Waals surface area contributed by atoms with E-state index in [1.54, 1.807) is 31.7 Å². The molecule has 130 valence electrons. The molecule has 2 amide bonds. The summed E-state index contributed by atoms with van der Waals surface area (Å²) in [4.78, 5) is 28.0. The number of halogens is 2. The maximum absolute atomic E-state index is 13.6. The van der Waals surface area contributed by atoms with Crippen molar-refractivity contribution in [2.24, 2.45) is 0 Å². The van der Waals surface area contributed by atoms with E-state index < -0.39 is 29.6 Å². The van der Waals surface area contributed by atoms with Gasteiger partial charge in [0.05, 0.1) is 22.8 Å². The predicted molar refractivity (Wildman–Crippen MR) is 87.8 cm³/mol. The van der Waals surface area contributed by atoms with Crippen LogP contribution in [0.4, 0.5) is 14.9 Å². The van der Waals surface area contributed by atoms with Gasteiger partial charge in [0, 0.05) is 13.1 Å². The lowest BCUT2D eigenvalue weighted by atomic mass is 10.0. The van der Waals surface area contributed by atoms with Crippen LogP contribution in [-0.2, 0) is 4.74 Å². The lowest BCUT2D eigenvalue weighted by Gasteiger charge is -2.45. The maximum Gasteiger partial charge on any atom is 0.410 e. The van der Waals surface area contributed by atoms with Gasteiger partial charge >= 0.3 is 6.09 Å². The number of benzene rings is 1. The largest absolute Gasteiger partial charge is 0.444 e. The molecular formula is C16H19ClFN3O3. The number of ether oxygens (including phenoxy) is 1. The molecule has 2 aliphatic heterocycles. The van der Waals surface area contributed by atoms with Gasteiger partial charge in [-0.15, -0.1) is 0 Å². The third kappa shape index (κ3) is 3.00. The highest BCUT2D eigenvalue weighted by atomic mass is 35.5. The Morgan fingerprint density at radius 1 is 1.38 bits per heavy atom. The molecule has 3 rings (SSSR count). The maximum atomic E-state index is 13.6. The zero-order valence-corrected chi connectivity index (χ0v) is 14.5. The number of nitrogens with zero attached hydrogens (tertiary/aromatic N) is 2. The number of carbonyl (C=O) groups excluding carboxylic acids is 2. The van der Waals surface area contributed by atoms with Gasteiger partial charge in [0.15, 0.2) is 0 Å². The van der Waals surface area contributed by atoms with E-state index in [9.17, 15) is 14.0 Å². The first kappa shape index (κ1) is 16.8. The lowest BCUT2D eigenvalue weighted by Crippen LogP contribution is -2.64. The molecule has 1 saturated heterocycles. The van der Waals surface area contributed by atoms with E-state index in [-0.39, 0.29) is 17.1 Å². The summed E-state index contributed by atoms with van der Waals surface area (Å²) in [6.45, 7) is 6.62. The highest BCUT2D eigenvalue weighted by Crippen LogP contribution is 2.34. The second-order valence-corrected chi connectivity index (χ2v) is 7.24. The summed E-state index contributed by atoms with van der Waals surface area (Å²) in [5.41, 5.74) is 0.138. The minimum absolute atomic E-state index is 0.138. The number of nitrogens with one attached hydrogen (secondary N) is 1. The van der Waals surface area contributed by atoms with Gasteiger partial charge in [-0.2, -0.15) is 0 Å². The summed E-state index contributed by atoms with van der Waals surface area (Å²) in [5.74, 6) is -1.07. The molecule has 0 saturated carbocycles. The molecule has 0 bridgehead atoms. The molecule has 8 heteroatoms. The van der Waals surface area contributed by atoms with E-state index in [0.717, 1.165) is 0 Å². The number of carbonyl (C=O) groups is 2. The fourth-order valence-corrected chi connectivity index (χ4v) is 3.15. The van der Waals surface area contributed by atoms with Gasteiger partial charge in [0.2, 0.25) is 0 Å². The molecule has 1 fully saturated rings. The minimum Gasteiger partial charge on any atom is -0.444 e. The van der Waals surface area contributed by atoms with Crippen LogP contribution in [0.3, 0.4) is 0 Å². The van der Waals surface area contributed by atoms with Crippen LogP contribution < -0.4 is 10.2 Å². The van der Waals surface area contributed by atoms with Crippen LogP contribution in [0.5, 0.6) is 0 Å². The van der Waals surface area contributed by atoms with Crippen LogP contribution in [-0.4, -0.2) is 48.3 Å². The zero-order valence-electron chi connectivity index (χ0n) is 13.7. The summed E-state index contributed by atoms with van der Waals surface area (Å²) in [6, 6.07) is 2.79. The molecule has 1 aromatic carbocycles. The summed E-state index contributed by atoms with van der Waals surface area (Å²) in [6.07, 6.45) is -0.813. The van der Waals surface area contributed by atoms with Crippen molar-refractivity contribution >= 4 is 29.3 Å². The highest BCUT2D eigenvalue weighted by molar-refractivity contribution is 6.35. The Morgan fingerprint density at radius 2 is 2.08 bits per heavy atom. The quantitative estimate of drug-likeness (QED) is 0.777. The Hall–Kier alpha value is -2.02. The van der Waals surface area contributed by atoms with E-state index in [4.69, 9.17) is 16.3 Å². The molecular weight excluding hydrogens is 337 g/mol. The van der Waals surface area contributed by atoms with Crippen molar-refractivity contribution in [2.75, 3.05) is 24.5 Å². The van der Waals surface area contributed by atoms with E-state index in [0.29, 0.717) is 18.8 Å². The molecule has 1 aromatic rings. The molecule has 6 nitrogen and oxygen atoms in total. The van der Waals surface area contributed by atoms with E-state index >= 15 is 0 Å². The molecule has 0 aromatic heterocycles. The number of fused-ring (bicyclic) bond motifs is 3. The average Bonchev–Trinajstić information content (AvgIpc) is 2.48. The first-order valence-electron chi connectivity index (χ1n) is 7.71. The monoisotopic (exact) mass is 355 g/mol. The van der Waals surface area contributed by atoms with Crippen molar-refractivity contribution in [3.05, 3.63) is 28.5 Å². The first-order chi connectivity index (χ1) is 11.2. The van der Waals surface area contributed by atoms with Gasteiger partial charge < -0.3 is 19.9 Å². The van der Waals surface area contributed by atoms with Crippen LogP contribution in [0.2, 0.25) is 5.02 Å². The van der Waals surface area contributed by atoms with Crippen LogP contribution in [0.1, 0.15) is 31.1 Å². The minimum atomic E-state index is -0.628. The van der Waals surface area contributed by atoms with Crippen molar-refractivity contribution in [3.63, 3.8) is 0 Å². The number of anilines is 1. The molecule has 0 spiro atoms. The van der Waals surface area contributed by atoms with Crippen molar-refractivity contribution in [2.45, 2.75) is 32.5 Å². The smallest absolute Gasteiger partial charge is 0.410 e. The van der Waals surface area contributed by atoms with Gasteiger partial charge in [-0.3, -0.25) is 4.79 Å². The second kappa shape index (κ2) is 5.81. The van der Waals surface area contributed by atoms with Gasteiger partial charge in [-0.25, -0.2) is 9.18 Å². The Morgan fingerprint density at radius 3 is 2.75 bits per heavy atom. The normalized spacial score (nSPS) is 20.2. The summed E-state index contributed by atoms with van der Waals surface area (Å²) in [7, 11) is 0. The fraction of sp³-hybridized carbons (Fsp3) is 0.500. The molecule has 2 aliphatic rings. The summed E-state index contributed by atoms with van der Waals surface area (Å²) in [5, 5.41) is 2.59. The van der Waals surface area contributed by atoms with Crippen molar-refractivity contribution in [1.82, 2.24) is 10.2 Å². The second-order valence-electron chi connectivity index (χ2n) is 6.86. The Labute approximate surface area is 144 Å². The zero-order chi connectivity index (χ0) is 17.6. The Kier molecular flexibility index (Phi) is 4.07. The molecule has 0 radical (unpaired) electrons.